The van der Waals surface area contributed by atoms with Crippen LogP contribution in [0.3, 0.4) is 0 Å². The van der Waals surface area contributed by atoms with Gasteiger partial charge in [-0.2, -0.15) is 0 Å². The summed E-state index contributed by atoms with van der Waals surface area (Å²) >= 11 is 0. The molecule has 1 aromatic carbocycles. The maximum atomic E-state index is 5.61. The first-order valence-corrected chi connectivity index (χ1v) is 5.77. The third-order valence-electron chi connectivity index (χ3n) is 2.76. The van der Waals surface area contributed by atoms with Gasteiger partial charge < -0.3 is 4.74 Å². The number of hydrogen-bond donors (Lipinski definition) is 0. The van der Waals surface area contributed by atoms with Gasteiger partial charge in [0.25, 0.3) is 0 Å². The molecule has 1 nitrogen and oxygen atoms in total. The Balaban J connectivity index is 0.00000256. The van der Waals surface area contributed by atoms with Crippen LogP contribution >= 0.6 is 0 Å². The van der Waals surface area contributed by atoms with Gasteiger partial charge in [0, 0.05) is 11.1 Å². The zero-order valence-electron chi connectivity index (χ0n) is 11.6. The van der Waals surface area contributed by atoms with Crippen molar-refractivity contribution < 1.29 is 4.74 Å². The van der Waals surface area contributed by atoms with E-state index in [2.05, 4.69) is 47.6 Å². The molecule has 2 heteroatoms. The predicted molar refractivity (Wildman–Crippen MR) is 76.4 cm³/mol. The molecule has 1 aromatic rings. The Morgan fingerprint density at radius 3 is 1.47 bits per heavy atom. The number of hydrogen-bond acceptors (Lipinski definition) is 1. The van der Waals surface area contributed by atoms with Crippen molar-refractivity contribution in [3.8, 4) is 5.75 Å². The summed E-state index contributed by atoms with van der Waals surface area (Å²) in [6, 6.07) is 7.31. The number of benzene rings is 1. The molecule has 0 aliphatic carbocycles. The van der Waals surface area contributed by atoms with E-state index in [9.17, 15) is 0 Å². The first-order chi connectivity index (χ1) is 7.18. The van der Waals surface area contributed by atoms with Gasteiger partial charge in [-0.15, -0.1) is 0 Å². The molecular weight excluding hydrogens is 203 g/mol. The third kappa shape index (κ3) is 3.80. The molecule has 0 aliphatic rings. The van der Waals surface area contributed by atoms with E-state index in [0.717, 1.165) is 5.75 Å². The molecule has 0 aliphatic heterocycles. The molecule has 91 valence electrons. The summed E-state index contributed by atoms with van der Waals surface area (Å²) < 4.78 is 5.61. The van der Waals surface area contributed by atoms with Crippen LogP contribution in [-0.2, 0) is 10.8 Å². The van der Waals surface area contributed by atoms with Crippen molar-refractivity contribution in [2.75, 3.05) is 7.11 Å². The Hall–Kier alpha value is -0.383. The molecule has 1 radical (unpaired) electrons. The quantitative estimate of drug-likeness (QED) is 0.668. The van der Waals surface area contributed by atoms with E-state index in [1.165, 1.54) is 11.1 Å². The van der Waals surface area contributed by atoms with E-state index >= 15 is 0 Å². The first-order valence-electron chi connectivity index (χ1n) is 5.77. The molecule has 0 saturated carbocycles. The Morgan fingerprint density at radius 2 is 1.24 bits per heavy atom. The minimum atomic E-state index is 0. The van der Waals surface area contributed by atoms with Gasteiger partial charge in [-0.05, 0) is 29.0 Å². The summed E-state index contributed by atoms with van der Waals surface area (Å²) in [6.07, 6.45) is 0. The number of ether oxygens (including phenoxy) is 1. The molecule has 0 fully saturated rings. The minimum absolute atomic E-state index is 0. The Morgan fingerprint density at radius 1 is 0.882 bits per heavy atom. The van der Waals surface area contributed by atoms with Gasteiger partial charge >= 0.3 is 18.9 Å². The molecule has 0 aromatic heterocycles. The van der Waals surface area contributed by atoms with Gasteiger partial charge in [-0.25, -0.2) is 0 Å². The Bertz CT molecular complexity index is 337. The van der Waals surface area contributed by atoms with E-state index in [-0.39, 0.29) is 29.7 Å². The summed E-state index contributed by atoms with van der Waals surface area (Å²) in [7, 11) is 1.75. The normalized spacial score (nSPS) is 11.9. The average molecular weight is 227 g/mol. The van der Waals surface area contributed by atoms with Crippen LogP contribution in [0.2, 0.25) is 0 Å². The van der Waals surface area contributed by atoms with Gasteiger partial charge in [0.15, 0.2) is 0 Å². The van der Waals surface area contributed by atoms with Gasteiger partial charge in [0.05, 0.1) is 7.11 Å². The molecule has 0 amide bonds. The van der Waals surface area contributed by atoms with E-state index in [4.69, 9.17) is 4.74 Å². The topological polar surface area (TPSA) is 9.23 Å². The van der Waals surface area contributed by atoms with E-state index in [1.807, 2.05) is 12.1 Å². The third-order valence-corrected chi connectivity index (χ3v) is 2.76. The summed E-state index contributed by atoms with van der Waals surface area (Å²) in [4.78, 5) is 0. The van der Waals surface area contributed by atoms with E-state index < -0.39 is 0 Å². The monoisotopic (exact) mass is 227 g/mol. The summed E-state index contributed by atoms with van der Waals surface area (Å²) in [5.74, 6) is 1.01. The summed E-state index contributed by atoms with van der Waals surface area (Å²) in [5.41, 5.74) is 2.62. The molecule has 1 rings (SSSR count). The van der Waals surface area contributed by atoms with Crippen LogP contribution in [0.25, 0.3) is 0 Å². The Labute approximate surface area is 118 Å². The molecule has 0 N–H and O–H groups in total. The second-order valence-electron chi connectivity index (χ2n) is 6.32. The van der Waals surface area contributed by atoms with Crippen molar-refractivity contribution in [2.45, 2.75) is 52.4 Å². The number of methoxy groups -OCH3 is 1. The van der Waals surface area contributed by atoms with Crippen molar-refractivity contribution in [2.24, 2.45) is 0 Å². The SMILES string of the molecule is COc1c(C(C)(C)C)c[c]cc1C(C)(C)C.[LiH]. The molecule has 0 saturated heterocycles. The van der Waals surface area contributed by atoms with Crippen LogP contribution in [0.1, 0.15) is 52.7 Å². The van der Waals surface area contributed by atoms with Crippen LogP contribution in [0.15, 0.2) is 12.1 Å². The summed E-state index contributed by atoms with van der Waals surface area (Å²) in [6.45, 7) is 13.2. The van der Waals surface area contributed by atoms with Crippen molar-refractivity contribution >= 4 is 18.9 Å². The molecule has 0 unspecified atom stereocenters. The fraction of sp³-hybridized carbons (Fsp3) is 0.600. The van der Waals surface area contributed by atoms with Crippen LogP contribution in [-0.4, -0.2) is 26.0 Å². The summed E-state index contributed by atoms with van der Waals surface area (Å²) in [5, 5.41) is 0. The predicted octanol–water partition coefficient (Wildman–Crippen LogP) is 3.44. The number of rotatable bonds is 1. The molecule has 0 heterocycles. The molecule has 17 heavy (non-hydrogen) atoms. The van der Waals surface area contributed by atoms with Crippen LogP contribution < -0.4 is 4.74 Å². The Kier molecular flexibility index (Phi) is 5.38. The van der Waals surface area contributed by atoms with Gasteiger partial charge in [0.2, 0.25) is 0 Å². The zero-order valence-corrected chi connectivity index (χ0v) is 11.6. The molecule has 0 atom stereocenters. The van der Waals surface area contributed by atoms with E-state index in [0.29, 0.717) is 0 Å². The van der Waals surface area contributed by atoms with Crippen LogP contribution in [0.4, 0.5) is 0 Å². The van der Waals surface area contributed by atoms with Gasteiger partial charge in [-0.1, -0.05) is 41.5 Å². The average Bonchev–Trinajstić information content (AvgIpc) is 2.13. The van der Waals surface area contributed by atoms with Crippen molar-refractivity contribution in [1.82, 2.24) is 0 Å². The van der Waals surface area contributed by atoms with Crippen LogP contribution in [0.5, 0.6) is 5.75 Å². The molecule has 0 spiro atoms. The maximum absolute atomic E-state index is 5.61. The van der Waals surface area contributed by atoms with Crippen molar-refractivity contribution in [3.05, 3.63) is 29.3 Å². The molecular formula is C15H24LiO. The fourth-order valence-electron chi connectivity index (χ4n) is 1.82. The molecule has 0 bridgehead atoms. The second-order valence-corrected chi connectivity index (χ2v) is 6.32. The zero-order chi connectivity index (χ0) is 12.6. The fourth-order valence-corrected chi connectivity index (χ4v) is 1.82. The second kappa shape index (κ2) is 5.51. The van der Waals surface area contributed by atoms with Gasteiger partial charge in [-0.3, -0.25) is 0 Å². The van der Waals surface area contributed by atoms with E-state index in [1.54, 1.807) is 7.11 Å². The van der Waals surface area contributed by atoms with Crippen LogP contribution in [0, 0.1) is 6.07 Å². The van der Waals surface area contributed by atoms with Gasteiger partial charge in [0.1, 0.15) is 5.75 Å². The van der Waals surface area contributed by atoms with Crippen molar-refractivity contribution in [1.29, 1.82) is 0 Å². The van der Waals surface area contributed by atoms with Crippen molar-refractivity contribution in [3.63, 3.8) is 0 Å². The standard InChI is InChI=1S/C15H23O.Li.H/c1-14(2,3)11-9-8-10-12(13(11)16-7)15(4,5)6;;/h9-10H,1-7H3;;. The first kappa shape index (κ1) is 16.6.